The summed E-state index contributed by atoms with van der Waals surface area (Å²) < 4.78 is 28.2. The van der Waals surface area contributed by atoms with Gasteiger partial charge < -0.3 is 14.8 Å². The third kappa shape index (κ3) is 5.46. The molecule has 0 radical (unpaired) electrons. The number of hydrogen-bond donors (Lipinski definition) is 0. The number of carboxylic acid groups (broad SMARTS) is 1. The van der Waals surface area contributed by atoms with Gasteiger partial charge in [-0.05, 0) is 53.8 Å². The van der Waals surface area contributed by atoms with Crippen LogP contribution >= 0.6 is 0 Å². The second-order valence-corrected chi connectivity index (χ2v) is 11.2. The van der Waals surface area contributed by atoms with Crippen LogP contribution in [0.2, 0.25) is 0 Å². The number of amides is 1. The molecule has 39 heavy (non-hydrogen) atoms. The van der Waals surface area contributed by atoms with Gasteiger partial charge in [0.2, 0.25) is 10.0 Å². The van der Waals surface area contributed by atoms with E-state index in [0.29, 0.717) is 31.6 Å². The van der Waals surface area contributed by atoms with Crippen molar-refractivity contribution in [1.29, 1.82) is 0 Å². The summed E-state index contributed by atoms with van der Waals surface area (Å²) in [5, 5.41) is 13.1. The highest BCUT2D eigenvalue weighted by molar-refractivity contribution is 7.89. The van der Waals surface area contributed by atoms with E-state index < -0.39 is 21.7 Å². The van der Waals surface area contributed by atoms with Crippen molar-refractivity contribution < 1.29 is 18.3 Å². The lowest BCUT2D eigenvalue weighted by Gasteiger charge is -2.47. The Morgan fingerprint density at radius 3 is 1.38 bits per heavy atom. The molecule has 0 fully saturated rings. The summed E-state index contributed by atoms with van der Waals surface area (Å²) in [6.07, 6.45) is -0.0201. The van der Waals surface area contributed by atoms with Crippen molar-refractivity contribution in [2.75, 3.05) is 18.0 Å². The minimum absolute atomic E-state index is 0.121. The molecule has 202 valence electrons. The molecule has 0 aliphatic rings. The largest absolute Gasteiger partial charge is 0.530 e. The molecule has 4 aromatic rings. The first kappa shape index (κ1) is 28.1. The minimum Gasteiger partial charge on any atom is -0.530 e. The van der Waals surface area contributed by atoms with E-state index in [1.165, 1.54) is 21.3 Å². The zero-order chi connectivity index (χ0) is 27.9. The third-order valence-corrected chi connectivity index (χ3v) is 8.68. The zero-order valence-electron chi connectivity index (χ0n) is 22.2. The monoisotopic (exact) mass is 541 g/mol. The minimum atomic E-state index is -3.73. The summed E-state index contributed by atoms with van der Waals surface area (Å²) in [5.74, 6) is 0. The van der Waals surface area contributed by atoms with Crippen molar-refractivity contribution in [3.05, 3.63) is 132 Å². The van der Waals surface area contributed by atoms with Gasteiger partial charge in [-0.1, -0.05) is 105 Å². The van der Waals surface area contributed by atoms with E-state index in [-0.39, 0.29) is 4.90 Å². The van der Waals surface area contributed by atoms with Crippen molar-refractivity contribution in [3.8, 4) is 0 Å². The van der Waals surface area contributed by atoms with Gasteiger partial charge in [0.15, 0.2) is 0 Å². The highest BCUT2D eigenvalue weighted by Gasteiger charge is 2.43. The molecule has 0 bridgehead atoms. The lowest BCUT2D eigenvalue weighted by atomic mass is 9.75. The number of carbonyl (C=O) groups excluding carboxylic acids is 1. The predicted octanol–water partition coefficient (Wildman–Crippen LogP) is 5.64. The first-order valence-corrected chi connectivity index (χ1v) is 14.6. The van der Waals surface area contributed by atoms with Crippen LogP contribution in [-0.4, -0.2) is 31.9 Å². The molecule has 0 aromatic heterocycles. The second kappa shape index (κ2) is 12.3. The molecule has 1 amide bonds. The highest BCUT2D eigenvalue weighted by atomic mass is 32.2. The van der Waals surface area contributed by atoms with Crippen LogP contribution < -0.4 is 10.0 Å². The van der Waals surface area contributed by atoms with Gasteiger partial charge in [-0.25, -0.2) is 8.42 Å². The summed E-state index contributed by atoms with van der Waals surface area (Å²) in [6, 6.07) is 34.3. The first-order valence-electron chi connectivity index (χ1n) is 13.1. The van der Waals surface area contributed by atoms with E-state index in [2.05, 4.69) is 0 Å². The van der Waals surface area contributed by atoms with Crippen molar-refractivity contribution >= 4 is 21.8 Å². The van der Waals surface area contributed by atoms with Gasteiger partial charge in [0.05, 0.1) is 4.90 Å². The predicted molar refractivity (Wildman–Crippen MR) is 153 cm³/mol. The van der Waals surface area contributed by atoms with Gasteiger partial charge in [-0.3, -0.25) is 0 Å². The Balaban J connectivity index is 1.95. The van der Waals surface area contributed by atoms with Gasteiger partial charge in [0.1, 0.15) is 11.6 Å². The third-order valence-electron chi connectivity index (χ3n) is 6.77. The maximum Gasteiger partial charge on any atom is 0.243 e. The molecule has 4 rings (SSSR count). The Kier molecular flexibility index (Phi) is 8.84. The van der Waals surface area contributed by atoms with E-state index in [0.717, 1.165) is 16.7 Å². The van der Waals surface area contributed by atoms with Gasteiger partial charge in [-0.2, -0.15) is 4.31 Å². The van der Waals surface area contributed by atoms with Crippen LogP contribution in [0.3, 0.4) is 0 Å². The van der Waals surface area contributed by atoms with Crippen LogP contribution in [-0.2, 0) is 15.6 Å². The smallest absolute Gasteiger partial charge is 0.243 e. The number of benzene rings is 4. The quantitative estimate of drug-likeness (QED) is 0.230. The van der Waals surface area contributed by atoms with Gasteiger partial charge >= 0.3 is 0 Å². The first-order chi connectivity index (χ1) is 18.9. The van der Waals surface area contributed by atoms with Crippen LogP contribution in [0.1, 0.15) is 43.4 Å². The molecule has 4 aromatic carbocycles. The standard InChI is InChI=1S/C32H34N2O4S/c1-3-24-33(25-4-2)39(37,38)30-22-20-29(21-23-30)34(31(35)36)32(26-14-8-5-9-15-26,27-16-10-6-11-17-27)28-18-12-7-13-19-28/h5-23H,3-4,24-25H2,1-2H3,(H,35,36)/p-1. The summed E-state index contributed by atoms with van der Waals surface area (Å²) >= 11 is 0. The average molecular weight is 542 g/mol. The maximum atomic E-state index is 13.4. The second-order valence-electron chi connectivity index (χ2n) is 9.31. The normalized spacial score (nSPS) is 11.9. The molecule has 0 atom stereocenters. The number of sulfonamides is 1. The van der Waals surface area contributed by atoms with E-state index in [4.69, 9.17) is 0 Å². The molecule has 6 nitrogen and oxygen atoms in total. The zero-order valence-corrected chi connectivity index (χ0v) is 23.1. The molecule has 0 heterocycles. The van der Waals surface area contributed by atoms with Crippen molar-refractivity contribution in [2.45, 2.75) is 37.1 Å². The van der Waals surface area contributed by atoms with E-state index in [1.807, 2.05) is 105 Å². The number of carbonyl (C=O) groups is 1. The van der Waals surface area contributed by atoms with Crippen LogP contribution in [0.4, 0.5) is 10.5 Å². The number of hydrogen-bond acceptors (Lipinski definition) is 4. The summed E-state index contributed by atoms with van der Waals surface area (Å²) in [4.78, 5) is 14.5. The molecule has 7 heteroatoms. The van der Waals surface area contributed by atoms with E-state index in [9.17, 15) is 18.3 Å². The van der Waals surface area contributed by atoms with E-state index >= 15 is 0 Å². The van der Waals surface area contributed by atoms with Crippen molar-refractivity contribution in [1.82, 2.24) is 4.31 Å². The number of rotatable bonds is 11. The Hall–Kier alpha value is -3.94. The Morgan fingerprint density at radius 1 is 0.667 bits per heavy atom. The molecule has 0 N–H and O–H groups in total. The SMILES string of the molecule is CCCN(CCC)S(=O)(=O)c1ccc(N(C(=O)[O-])C(c2ccccc2)(c2ccccc2)c2ccccc2)cc1. The molecule has 0 spiro atoms. The Labute approximate surface area is 231 Å². The number of nitrogens with zero attached hydrogens (tertiary/aromatic N) is 2. The molecular formula is C32H33N2O4S-. The maximum absolute atomic E-state index is 13.4. The van der Waals surface area contributed by atoms with Crippen LogP contribution in [0, 0.1) is 0 Å². The summed E-state index contributed by atoms with van der Waals surface area (Å²) in [6.45, 7) is 4.72. The molecule has 0 aliphatic carbocycles. The lowest BCUT2D eigenvalue weighted by Crippen LogP contribution is -2.56. The fourth-order valence-corrected chi connectivity index (χ4v) is 6.75. The van der Waals surface area contributed by atoms with E-state index in [1.54, 1.807) is 12.1 Å². The number of anilines is 1. The molecule has 0 unspecified atom stereocenters. The fourth-order valence-electron chi connectivity index (χ4n) is 5.13. The van der Waals surface area contributed by atoms with Crippen molar-refractivity contribution in [2.24, 2.45) is 0 Å². The molecule has 0 aliphatic heterocycles. The van der Waals surface area contributed by atoms with Crippen LogP contribution in [0.15, 0.2) is 120 Å². The van der Waals surface area contributed by atoms with Crippen LogP contribution in [0.25, 0.3) is 0 Å². The topological polar surface area (TPSA) is 80.8 Å². The van der Waals surface area contributed by atoms with Gasteiger partial charge in [-0.15, -0.1) is 0 Å². The lowest BCUT2D eigenvalue weighted by molar-refractivity contribution is -0.247. The van der Waals surface area contributed by atoms with Crippen LogP contribution in [0.5, 0.6) is 0 Å². The summed E-state index contributed by atoms with van der Waals surface area (Å²) in [5.41, 5.74) is 1.16. The molecule has 0 saturated carbocycles. The average Bonchev–Trinajstić information content (AvgIpc) is 2.97. The van der Waals surface area contributed by atoms with Gasteiger partial charge in [0.25, 0.3) is 0 Å². The Morgan fingerprint density at radius 2 is 1.05 bits per heavy atom. The molecule has 0 saturated heterocycles. The molecular weight excluding hydrogens is 508 g/mol. The van der Waals surface area contributed by atoms with Crippen molar-refractivity contribution in [3.63, 3.8) is 0 Å². The summed E-state index contributed by atoms with van der Waals surface area (Å²) in [7, 11) is -3.73. The Bertz CT molecular complexity index is 1360. The fraction of sp³-hybridized carbons (Fsp3) is 0.219. The van der Waals surface area contributed by atoms with Gasteiger partial charge in [0, 0.05) is 18.8 Å². The highest BCUT2D eigenvalue weighted by Crippen LogP contribution is 2.44.